The minimum atomic E-state index is -0.340. The predicted octanol–water partition coefficient (Wildman–Crippen LogP) is 2.71. The molecule has 1 unspecified atom stereocenters. The van der Waals surface area contributed by atoms with Crippen molar-refractivity contribution in [2.45, 2.75) is 31.5 Å². The average Bonchev–Trinajstić information content (AvgIpc) is 3.38. The molecule has 4 rings (SSSR count). The molecular weight excluding hydrogens is 414 g/mol. The summed E-state index contributed by atoms with van der Waals surface area (Å²) in [4.78, 5) is 26.0. The second-order valence-electron chi connectivity index (χ2n) is 7.64. The third-order valence-corrected chi connectivity index (χ3v) is 6.45. The molecule has 0 aliphatic carbocycles. The number of benzene rings is 1. The van der Waals surface area contributed by atoms with E-state index in [-0.39, 0.29) is 23.5 Å². The van der Waals surface area contributed by atoms with Crippen LogP contribution in [0.15, 0.2) is 52.2 Å². The summed E-state index contributed by atoms with van der Waals surface area (Å²) in [6.07, 6.45) is 3.16. The molecule has 2 aromatic heterocycles. The molecule has 0 spiro atoms. The standard InChI is InChI=1S/C22H25N5O3S/c1-15-18(9-11-30-15)21-24-25-22(27(21)12-16-6-3-2-4-7-16)31-14-19(28)26-10-5-8-17(13-26)20(23)29/h2-4,6-7,9,11,17H,5,8,10,12-14H2,1H3,(H2,23,29). The van der Waals surface area contributed by atoms with Crippen molar-refractivity contribution in [3.05, 3.63) is 54.0 Å². The van der Waals surface area contributed by atoms with E-state index in [0.717, 1.165) is 29.7 Å². The van der Waals surface area contributed by atoms with Crippen molar-refractivity contribution in [1.29, 1.82) is 0 Å². The molecule has 1 aliphatic heterocycles. The van der Waals surface area contributed by atoms with Crippen molar-refractivity contribution in [2.24, 2.45) is 11.7 Å². The van der Waals surface area contributed by atoms with Gasteiger partial charge in [0.2, 0.25) is 11.8 Å². The molecule has 1 aromatic carbocycles. The first-order chi connectivity index (χ1) is 15.0. The fraction of sp³-hybridized carbons (Fsp3) is 0.364. The van der Waals surface area contributed by atoms with Gasteiger partial charge in [-0.3, -0.25) is 14.2 Å². The largest absolute Gasteiger partial charge is 0.469 e. The van der Waals surface area contributed by atoms with Crippen molar-refractivity contribution >= 4 is 23.6 Å². The Balaban J connectivity index is 1.52. The Kier molecular flexibility index (Phi) is 6.41. The van der Waals surface area contributed by atoms with Gasteiger partial charge in [0.05, 0.1) is 30.0 Å². The molecule has 1 atom stereocenters. The third kappa shape index (κ3) is 4.82. The molecule has 0 bridgehead atoms. The molecule has 162 valence electrons. The summed E-state index contributed by atoms with van der Waals surface area (Å²) in [7, 11) is 0. The number of furan rings is 1. The Bertz CT molecular complexity index is 1060. The first-order valence-corrected chi connectivity index (χ1v) is 11.2. The van der Waals surface area contributed by atoms with Gasteiger partial charge < -0.3 is 15.1 Å². The van der Waals surface area contributed by atoms with E-state index >= 15 is 0 Å². The summed E-state index contributed by atoms with van der Waals surface area (Å²) in [6.45, 7) is 3.51. The lowest BCUT2D eigenvalue weighted by Crippen LogP contribution is -2.44. The number of likely N-dealkylation sites (tertiary alicyclic amines) is 1. The van der Waals surface area contributed by atoms with E-state index in [1.165, 1.54) is 11.8 Å². The molecule has 2 N–H and O–H groups in total. The lowest BCUT2D eigenvalue weighted by atomic mass is 9.97. The zero-order chi connectivity index (χ0) is 21.8. The van der Waals surface area contributed by atoms with Gasteiger partial charge in [0.25, 0.3) is 0 Å². The highest BCUT2D eigenvalue weighted by atomic mass is 32.2. The van der Waals surface area contributed by atoms with E-state index in [4.69, 9.17) is 10.2 Å². The van der Waals surface area contributed by atoms with Crippen LogP contribution in [-0.4, -0.2) is 50.3 Å². The van der Waals surface area contributed by atoms with Crippen molar-refractivity contribution in [3.8, 4) is 11.4 Å². The topological polar surface area (TPSA) is 107 Å². The maximum Gasteiger partial charge on any atom is 0.233 e. The molecule has 1 fully saturated rings. The number of carbonyl (C=O) groups is 2. The van der Waals surface area contributed by atoms with E-state index in [1.807, 2.05) is 47.9 Å². The second-order valence-corrected chi connectivity index (χ2v) is 8.58. The van der Waals surface area contributed by atoms with Crippen LogP contribution in [0.4, 0.5) is 0 Å². The first-order valence-electron chi connectivity index (χ1n) is 10.2. The van der Waals surface area contributed by atoms with Crippen molar-refractivity contribution in [1.82, 2.24) is 19.7 Å². The van der Waals surface area contributed by atoms with E-state index in [9.17, 15) is 9.59 Å². The number of aryl methyl sites for hydroxylation is 1. The number of nitrogens with zero attached hydrogens (tertiary/aromatic N) is 4. The third-order valence-electron chi connectivity index (χ3n) is 5.50. The van der Waals surface area contributed by atoms with Gasteiger partial charge in [-0.15, -0.1) is 10.2 Å². The summed E-state index contributed by atoms with van der Waals surface area (Å²) < 4.78 is 7.46. The summed E-state index contributed by atoms with van der Waals surface area (Å²) >= 11 is 1.35. The number of nitrogens with two attached hydrogens (primary N) is 1. The maximum atomic E-state index is 12.8. The van der Waals surface area contributed by atoms with Gasteiger partial charge in [-0.2, -0.15) is 0 Å². The number of primary amides is 1. The number of thioether (sulfide) groups is 1. The fourth-order valence-corrected chi connectivity index (χ4v) is 4.61. The van der Waals surface area contributed by atoms with Crippen molar-refractivity contribution in [2.75, 3.05) is 18.8 Å². The lowest BCUT2D eigenvalue weighted by Gasteiger charge is -2.31. The minimum Gasteiger partial charge on any atom is -0.469 e. The van der Waals surface area contributed by atoms with E-state index in [2.05, 4.69) is 10.2 Å². The van der Waals surface area contributed by atoms with Crippen molar-refractivity contribution < 1.29 is 14.0 Å². The molecule has 2 amide bonds. The SMILES string of the molecule is Cc1occc1-c1nnc(SCC(=O)N2CCCC(C(N)=O)C2)n1Cc1ccccc1. The number of amides is 2. The van der Waals surface area contributed by atoms with Crippen LogP contribution in [0.3, 0.4) is 0 Å². The summed E-state index contributed by atoms with van der Waals surface area (Å²) in [5.74, 6) is 1.07. The summed E-state index contributed by atoms with van der Waals surface area (Å²) in [5.41, 5.74) is 7.42. The molecule has 0 saturated carbocycles. The second kappa shape index (κ2) is 9.38. The molecule has 9 heteroatoms. The highest BCUT2D eigenvalue weighted by molar-refractivity contribution is 7.99. The molecule has 1 aliphatic rings. The van der Waals surface area contributed by atoms with Crippen LogP contribution in [0.5, 0.6) is 0 Å². The van der Waals surface area contributed by atoms with Crippen LogP contribution in [0.25, 0.3) is 11.4 Å². The monoisotopic (exact) mass is 439 g/mol. The smallest absolute Gasteiger partial charge is 0.233 e. The van der Waals surface area contributed by atoms with E-state index < -0.39 is 0 Å². The van der Waals surface area contributed by atoms with Gasteiger partial charge in [0.1, 0.15) is 5.76 Å². The molecule has 8 nitrogen and oxygen atoms in total. The highest BCUT2D eigenvalue weighted by Crippen LogP contribution is 2.28. The minimum absolute atomic E-state index is 0.0220. The number of rotatable bonds is 7. The first kappa shape index (κ1) is 21.2. The number of piperidine rings is 1. The van der Waals surface area contributed by atoms with Gasteiger partial charge in [0, 0.05) is 13.1 Å². The van der Waals surface area contributed by atoms with Crippen molar-refractivity contribution in [3.63, 3.8) is 0 Å². The maximum absolute atomic E-state index is 12.8. The molecule has 3 aromatic rings. The Morgan fingerprint density at radius 3 is 2.74 bits per heavy atom. The Labute approximate surface area is 184 Å². The molecule has 0 radical (unpaired) electrons. The Hall–Kier alpha value is -3.07. The van der Waals surface area contributed by atoms with Gasteiger partial charge in [-0.05, 0) is 31.4 Å². The molecule has 1 saturated heterocycles. The Morgan fingerprint density at radius 1 is 1.23 bits per heavy atom. The van der Waals surface area contributed by atoms with Crippen LogP contribution in [0.1, 0.15) is 24.2 Å². The molecule has 31 heavy (non-hydrogen) atoms. The average molecular weight is 440 g/mol. The van der Waals surface area contributed by atoms with Gasteiger partial charge >= 0.3 is 0 Å². The highest BCUT2D eigenvalue weighted by Gasteiger charge is 2.27. The Morgan fingerprint density at radius 2 is 2.03 bits per heavy atom. The summed E-state index contributed by atoms with van der Waals surface area (Å²) in [5, 5.41) is 9.41. The number of hydrogen-bond donors (Lipinski definition) is 1. The van der Waals surface area contributed by atoms with Gasteiger partial charge in [0.15, 0.2) is 11.0 Å². The van der Waals surface area contributed by atoms with Crippen LogP contribution in [0.2, 0.25) is 0 Å². The van der Waals surface area contributed by atoms with Crippen LogP contribution < -0.4 is 5.73 Å². The number of carbonyl (C=O) groups excluding carboxylic acids is 2. The lowest BCUT2D eigenvalue weighted by molar-refractivity contribution is -0.132. The van der Waals surface area contributed by atoms with Crippen LogP contribution in [-0.2, 0) is 16.1 Å². The van der Waals surface area contributed by atoms with Gasteiger partial charge in [-0.25, -0.2) is 0 Å². The molecular formula is C22H25N5O3S. The van der Waals surface area contributed by atoms with Crippen LogP contribution >= 0.6 is 11.8 Å². The quantitative estimate of drug-likeness (QED) is 0.567. The normalized spacial score (nSPS) is 16.4. The zero-order valence-corrected chi connectivity index (χ0v) is 18.2. The van der Waals surface area contributed by atoms with Gasteiger partial charge in [-0.1, -0.05) is 42.1 Å². The van der Waals surface area contributed by atoms with Crippen LogP contribution in [0, 0.1) is 12.8 Å². The predicted molar refractivity (Wildman–Crippen MR) is 117 cm³/mol. The number of aromatic nitrogens is 3. The van der Waals surface area contributed by atoms with E-state index in [1.54, 1.807) is 11.2 Å². The summed E-state index contributed by atoms with van der Waals surface area (Å²) in [6, 6.07) is 11.9. The number of hydrogen-bond acceptors (Lipinski definition) is 6. The zero-order valence-electron chi connectivity index (χ0n) is 17.4. The molecule has 3 heterocycles. The fourth-order valence-electron chi connectivity index (χ4n) is 3.77. The van der Waals surface area contributed by atoms with E-state index in [0.29, 0.717) is 30.6 Å².